The highest BCUT2D eigenvalue weighted by molar-refractivity contribution is 7.15. The van der Waals surface area contributed by atoms with E-state index in [4.69, 9.17) is 32.5 Å². The highest BCUT2D eigenvalue weighted by Gasteiger charge is 2.21. The van der Waals surface area contributed by atoms with E-state index in [0.717, 1.165) is 0 Å². The minimum atomic E-state index is -0.631. The molecular weight excluding hydrogens is 387 g/mol. The molecule has 0 atom stereocenters. The number of benzene rings is 1. The molecule has 3 heterocycles. The van der Waals surface area contributed by atoms with E-state index in [9.17, 15) is 4.79 Å². The van der Waals surface area contributed by atoms with Crippen LogP contribution in [0.25, 0.3) is 16.3 Å². The van der Waals surface area contributed by atoms with Crippen LogP contribution in [0.1, 0.15) is 16.4 Å². The zero-order valence-corrected chi connectivity index (χ0v) is 14.7. The lowest BCUT2D eigenvalue weighted by molar-refractivity contribution is 0.0422. The molecular formula is C15H8Cl2N4O3S. The van der Waals surface area contributed by atoms with Crippen molar-refractivity contribution >= 4 is 45.5 Å². The standard InChI is InChI=1S/C15H8Cl2N4O3S/c16-9-4-2-1-3-8(9)13-18-10(24-20-13)7-23-14(22)11-12(17)19-15-21(11)5-6-25-15/h1-6H,7H2. The van der Waals surface area contributed by atoms with Gasteiger partial charge in [-0.15, -0.1) is 11.3 Å². The minimum absolute atomic E-state index is 0.0825. The van der Waals surface area contributed by atoms with E-state index in [2.05, 4.69) is 15.1 Å². The lowest BCUT2D eigenvalue weighted by atomic mass is 10.2. The molecule has 0 radical (unpaired) electrons. The van der Waals surface area contributed by atoms with Gasteiger partial charge in [-0.25, -0.2) is 9.78 Å². The summed E-state index contributed by atoms with van der Waals surface area (Å²) >= 11 is 13.5. The number of hydrogen-bond donors (Lipinski definition) is 0. The molecule has 7 nitrogen and oxygen atoms in total. The van der Waals surface area contributed by atoms with Gasteiger partial charge in [-0.3, -0.25) is 4.40 Å². The van der Waals surface area contributed by atoms with Gasteiger partial charge in [0.25, 0.3) is 5.89 Å². The molecule has 0 bridgehead atoms. The zero-order valence-electron chi connectivity index (χ0n) is 12.3. The molecule has 3 aromatic heterocycles. The number of imidazole rings is 1. The Balaban J connectivity index is 1.50. The van der Waals surface area contributed by atoms with Gasteiger partial charge in [-0.05, 0) is 12.1 Å². The second-order valence-corrected chi connectivity index (χ2v) is 6.51. The average molecular weight is 395 g/mol. The van der Waals surface area contributed by atoms with Crippen LogP contribution >= 0.6 is 34.5 Å². The van der Waals surface area contributed by atoms with Gasteiger partial charge in [0.1, 0.15) is 0 Å². The molecule has 0 fully saturated rings. The summed E-state index contributed by atoms with van der Waals surface area (Å²) in [5, 5.41) is 6.22. The first-order valence-corrected chi connectivity index (χ1v) is 8.62. The molecule has 0 N–H and O–H groups in total. The first kappa shape index (κ1) is 16.1. The number of aromatic nitrogens is 4. The summed E-state index contributed by atoms with van der Waals surface area (Å²) in [4.78, 5) is 21.1. The van der Waals surface area contributed by atoms with Crippen LogP contribution in [0.3, 0.4) is 0 Å². The van der Waals surface area contributed by atoms with Crippen LogP contribution in [0.4, 0.5) is 0 Å². The largest absolute Gasteiger partial charge is 0.451 e. The third kappa shape index (κ3) is 2.99. The molecule has 126 valence electrons. The van der Waals surface area contributed by atoms with E-state index < -0.39 is 5.97 Å². The minimum Gasteiger partial charge on any atom is -0.451 e. The van der Waals surface area contributed by atoms with Crippen molar-refractivity contribution in [3.05, 3.63) is 57.6 Å². The maximum absolute atomic E-state index is 12.3. The van der Waals surface area contributed by atoms with Gasteiger partial charge in [0.2, 0.25) is 5.82 Å². The number of carbonyl (C=O) groups is 1. The van der Waals surface area contributed by atoms with E-state index in [1.54, 1.807) is 34.2 Å². The summed E-state index contributed by atoms with van der Waals surface area (Å²) in [7, 11) is 0. The fraction of sp³-hybridized carbons (Fsp3) is 0.0667. The van der Waals surface area contributed by atoms with Crippen molar-refractivity contribution in [3.8, 4) is 11.4 Å². The van der Waals surface area contributed by atoms with Crippen molar-refractivity contribution in [3.63, 3.8) is 0 Å². The third-order valence-corrected chi connectivity index (χ3v) is 4.67. The Labute approximate surface area is 154 Å². The molecule has 0 aliphatic heterocycles. The van der Waals surface area contributed by atoms with Crippen LogP contribution < -0.4 is 0 Å². The van der Waals surface area contributed by atoms with Crippen LogP contribution in [-0.4, -0.2) is 25.5 Å². The van der Waals surface area contributed by atoms with Crippen LogP contribution in [0.5, 0.6) is 0 Å². The second kappa shape index (κ2) is 6.47. The molecule has 0 aliphatic rings. The van der Waals surface area contributed by atoms with Gasteiger partial charge in [-0.2, -0.15) is 4.98 Å². The van der Waals surface area contributed by atoms with Crippen LogP contribution in [0.15, 0.2) is 40.4 Å². The van der Waals surface area contributed by atoms with E-state index in [0.29, 0.717) is 21.4 Å². The number of halogens is 2. The van der Waals surface area contributed by atoms with Crippen molar-refractivity contribution in [2.24, 2.45) is 0 Å². The predicted molar refractivity (Wildman–Crippen MR) is 91.9 cm³/mol. The maximum Gasteiger partial charge on any atom is 0.359 e. The number of nitrogens with zero attached hydrogens (tertiary/aromatic N) is 4. The molecule has 0 amide bonds. The average Bonchev–Trinajstić information content (AvgIpc) is 3.29. The molecule has 0 aliphatic carbocycles. The SMILES string of the molecule is O=C(OCc1nc(-c2ccccc2Cl)no1)c1c(Cl)nc2sccn12. The van der Waals surface area contributed by atoms with Gasteiger partial charge in [-0.1, -0.05) is 40.5 Å². The second-order valence-electron chi connectivity index (χ2n) is 4.87. The normalized spacial score (nSPS) is 11.1. The molecule has 10 heteroatoms. The summed E-state index contributed by atoms with van der Waals surface area (Å²) < 4.78 is 11.9. The first-order chi connectivity index (χ1) is 12.1. The number of esters is 1. The molecule has 1 aromatic carbocycles. The number of rotatable bonds is 4. The smallest absolute Gasteiger partial charge is 0.359 e. The Morgan fingerprint density at radius 3 is 2.96 bits per heavy atom. The molecule has 0 unspecified atom stereocenters. The quantitative estimate of drug-likeness (QED) is 0.484. The highest BCUT2D eigenvalue weighted by atomic mass is 35.5. The lowest BCUT2D eigenvalue weighted by Gasteiger charge is -2.01. The Bertz CT molecular complexity index is 1070. The highest BCUT2D eigenvalue weighted by Crippen LogP contribution is 2.25. The van der Waals surface area contributed by atoms with Gasteiger partial charge >= 0.3 is 5.97 Å². The summed E-state index contributed by atoms with van der Waals surface area (Å²) in [6.07, 6.45) is 1.69. The van der Waals surface area contributed by atoms with E-state index in [1.807, 2.05) is 6.07 Å². The maximum atomic E-state index is 12.3. The van der Waals surface area contributed by atoms with Crippen LogP contribution in [0.2, 0.25) is 10.2 Å². The predicted octanol–water partition coefficient (Wildman–Crippen LogP) is 4.11. The fourth-order valence-corrected chi connectivity index (χ4v) is 3.44. The van der Waals surface area contributed by atoms with E-state index >= 15 is 0 Å². The van der Waals surface area contributed by atoms with Crippen molar-refractivity contribution in [2.45, 2.75) is 6.61 Å². The van der Waals surface area contributed by atoms with Gasteiger partial charge in [0, 0.05) is 17.1 Å². The lowest BCUT2D eigenvalue weighted by Crippen LogP contribution is -2.08. The van der Waals surface area contributed by atoms with Crippen molar-refractivity contribution in [2.75, 3.05) is 0 Å². The van der Waals surface area contributed by atoms with Crippen molar-refractivity contribution < 1.29 is 14.1 Å². The van der Waals surface area contributed by atoms with Gasteiger partial charge < -0.3 is 9.26 Å². The molecule has 0 saturated carbocycles. The summed E-state index contributed by atoms with van der Waals surface area (Å²) in [5.41, 5.74) is 0.785. The number of ether oxygens (including phenoxy) is 1. The summed E-state index contributed by atoms with van der Waals surface area (Å²) in [5.74, 6) is -0.168. The third-order valence-electron chi connectivity index (χ3n) is 3.32. The molecule has 0 saturated heterocycles. The Morgan fingerprint density at radius 1 is 1.28 bits per heavy atom. The molecule has 4 aromatic rings. The topological polar surface area (TPSA) is 82.5 Å². The molecule has 4 rings (SSSR count). The van der Waals surface area contributed by atoms with Crippen molar-refractivity contribution in [1.29, 1.82) is 0 Å². The zero-order chi connectivity index (χ0) is 17.4. The Kier molecular flexibility index (Phi) is 4.16. The van der Waals surface area contributed by atoms with Crippen molar-refractivity contribution in [1.82, 2.24) is 19.5 Å². The number of thiazole rings is 1. The fourth-order valence-electron chi connectivity index (χ4n) is 2.20. The summed E-state index contributed by atoms with van der Waals surface area (Å²) in [6.45, 7) is -0.190. The van der Waals surface area contributed by atoms with Crippen LogP contribution in [0, 0.1) is 0 Å². The first-order valence-electron chi connectivity index (χ1n) is 6.99. The monoisotopic (exact) mass is 394 g/mol. The molecule has 25 heavy (non-hydrogen) atoms. The Hall–Kier alpha value is -2.42. The van der Waals surface area contributed by atoms with Crippen LogP contribution in [-0.2, 0) is 11.3 Å². The molecule has 0 spiro atoms. The van der Waals surface area contributed by atoms with Gasteiger partial charge in [0.05, 0.1) is 5.02 Å². The number of carbonyl (C=O) groups excluding carboxylic acids is 1. The van der Waals surface area contributed by atoms with Gasteiger partial charge in [0.15, 0.2) is 22.4 Å². The van der Waals surface area contributed by atoms with E-state index in [-0.39, 0.29) is 23.3 Å². The number of hydrogen-bond acceptors (Lipinski definition) is 7. The summed E-state index contributed by atoms with van der Waals surface area (Å²) in [6, 6.07) is 7.10. The number of fused-ring (bicyclic) bond motifs is 1. The Morgan fingerprint density at radius 2 is 2.12 bits per heavy atom. The van der Waals surface area contributed by atoms with E-state index in [1.165, 1.54) is 11.3 Å².